The van der Waals surface area contributed by atoms with Gasteiger partial charge in [0, 0.05) is 12.5 Å². The molecule has 5 nitrogen and oxygen atoms in total. The molecule has 2 rings (SSSR count). The summed E-state index contributed by atoms with van der Waals surface area (Å²) in [7, 11) is 0. The maximum Gasteiger partial charge on any atom is 0.226 e. The van der Waals surface area contributed by atoms with Crippen molar-refractivity contribution in [1.29, 1.82) is 0 Å². The lowest BCUT2D eigenvalue weighted by atomic mass is 10.1. The van der Waals surface area contributed by atoms with Crippen molar-refractivity contribution in [3.8, 4) is 5.75 Å². The third-order valence-corrected chi connectivity index (χ3v) is 2.82. The van der Waals surface area contributed by atoms with Gasteiger partial charge in [-0.25, -0.2) is 0 Å². The van der Waals surface area contributed by atoms with E-state index < -0.39 is 0 Å². The molecule has 0 saturated carbocycles. The van der Waals surface area contributed by atoms with Crippen LogP contribution in [-0.2, 0) is 19.4 Å². The Morgan fingerprint density at radius 3 is 2.70 bits per heavy atom. The standard InChI is InChI=1S/C15H21N3O2/c1-3-4-15-17-14(18-20-15)10-19-13-7-5-12(6-8-13)9-11(2)16/h5-8,11H,3-4,9-10,16H2,1-2H3. The molecule has 108 valence electrons. The average Bonchev–Trinajstić information content (AvgIpc) is 2.86. The van der Waals surface area contributed by atoms with E-state index in [0.29, 0.717) is 18.3 Å². The molecule has 2 aromatic rings. The molecule has 0 bridgehead atoms. The van der Waals surface area contributed by atoms with Crippen LogP contribution in [0.25, 0.3) is 0 Å². The van der Waals surface area contributed by atoms with Gasteiger partial charge < -0.3 is 15.0 Å². The second-order valence-electron chi connectivity index (χ2n) is 4.97. The summed E-state index contributed by atoms with van der Waals surface area (Å²) in [6.45, 7) is 4.39. The molecule has 1 heterocycles. The van der Waals surface area contributed by atoms with Crippen molar-refractivity contribution in [2.45, 2.75) is 45.8 Å². The number of ether oxygens (including phenoxy) is 1. The van der Waals surface area contributed by atoms with Crippen LogP contribution in [0.5, 0.6) is 5.75 Å². The van der Waals surface area contributed by atoms with Gasteiger partial charge in [-0.05, 0) is 37.5 Å². The minimum absolute atomic E-state index is 0.165. The van der Waals surface area contributed by atoms with Crippen LogP contribution < -0.4 is 10.5 Å². The normalized spacial score (nSPS) is 12.3. The number of aromatic nitrogens is 2. The van der Waals surface area contributed by atoms with Crippen molar-refractivity contribution in [3.05, 3.63) is 41.5 Å². The summed E-state index contributed by atoms with van der Waals surface area (Å²) < 4.78 is 10.7. The van der Waals surface area contributed by atoms with Gasteiger partial charge in [0.15, 0.2) is 6.61 Å². The molecule has 1 aromatic carbocycles. The number of nitrogens with zero attached hydrogens (tertiary/aromatic N) is 2. The Morgan fingerprint density at radius 1 is 1.30 bits per heavy atom. The van der Waals surface area contributed by atoms with Crippen LogP contribution in [-0.4, -0.2) is 16.2 Å². The van der Waals surface area contributed by atoms with E-state index in [1.165, 1.54) is 5.56 Å². The first-order chi connectivity index (χ1) is 9.67. The van der Waals surface area contributed by atoms with Crippen molar-refractivity contribution in [2.24, 2.45) is 5.73 Å². The van der Waals surface area contributed by atoms with Gasteiger partial charge in [-0.1, -0.05) is 24.2 Å². The Hall–Kier alpha value is -1.88. The van der Waals surface area contributed by atoms with E-state index in [1.807, 2.05) is 31.2 Å². The number of hydrogen-bond acceptors (Lipinski definition) is 5. The van der Waals surface area contributed by atoms with Crippen molar-refractivity contribution in [1.82, 2.24) is 10.1 Å². The zero-order chi connectivity index (χ0) is 14.4. The van der Waals surface area contributed by atoms with E-state index in [1.54, 1.807) is 0 Å². The first kappa shape index (κ1) is 14.5. The maximum atomic E-state index is 5.77. The first-order valence-corrected chi connectivity index (χ1v) is 6.96. The summed E-state index contributed by atoms with van der Waals surface area (Å²) in [5.74, 6) is 2.03. The molecule has 0 fully saturated rings. The number of aryl methyl sites for hydroxylation is 1. The van der Waals surface area contributed by atoms with Crippen molar-refractivity contribution < 1.29 is 9.26 Å². The molecule has 0 radical (unpaired) electrons. The molecule has 1 aromatic heterocycles. The largest absolute Gasteiger partial charge is 0.485 e. The molecule has 0 spiro atoms. The van der Waals surface area contributed by atoms with Crippen LogP contribution in [0.3, 0.4) is 0 Å². The predicted molar refractivity (Wildman–Crippen MR) is 76.4 cm³/mol. The summed E-state index contributed by atoms with van der Waals surface area (Å²) in [6, 6.07) is 8.09. The quantitative estimate of drug-likeness (QED) is 0.840. The SMILES string of the molecule is CCCc1nc(COc2ccc(CC(C)N)cc2)no1. The summed E-state index contributed by atoms with van der Waals surface area (Å²) in [5, 5.41) is 3.88. The predicted octanol–water partition coefficient (Wildman–Crippen LogP) is 2.49. The molecule has 1 unspecified atom stereocenters. The lowest BCUT2D eigenvalue weighted by molar-refractivity contribution is 0.285. The molecule has 0 aliphatic carbocycles. The first-order valence-electron chi connectivity index (χ1n) is 6.96. The summed E-state index contributed by atoms with van der Waals surface area (Å²) in [4.78, 5) is 4.25. The molecular weight excluding hydrogens is 254 g/mol. The topological polar surface area (TPSA) is 74.2 Å². The Labute approximate surface area is 119 Å². The summed E-state index contributed by atoms with van der Waals surface area (Å²) in [6.07, 6.45) is 2.66. The number of rotatable bonds is 7. The van der Waals surface area contributed by atoms with Crippen molar-refractivity contribution in [2.75, 3.05) is 0 Å². The van der Waals surface area contributed by atoms with Gasteiger partial charge in [-0.15, -0.1) is 0 Å². The van der Waals surface area contributed by atoms with Crippen LogP contribution >= 0.6 is 0 Å². The van der Waals surface area contributed by atoms with Crippen LogP contribution in [0.2, 0.25) is 0 Å². The van der Waals surface area contributed by atoms with Gasteiger partial charge in [0.05, 0.1) is 0 Å². The monoisotopic (exact) mass is 275 g/mol. The fourth-order valence-corrected chi connectivity index (χ4v) is 1.91. The number of hydrogen-bond donors (Lipinski definition) is 1. The van der Waals surface area contributed by atoms with Gasteiger partial charge in [-0.3, -0.25) is 0 Å². The smallest absolute Gasteiger partial charge is 0.226 e. The fraction of sp³-hybridized carbons (Fsp3) is 0.467. The van der Waals surface area contributed by atoms with E-state index in [-0.39, 0.29) is 6.04 Å². The van der Waals surface area contributed by atoms with Gasteiger partial charge in [-0.2, -0.15) is 4.98 Å². The maximum absolute atomic E-state index is 5.77. The van der Waals surface area contributed by atoms with Gasteiger partial charge in [0.25, 0.3) is 0 Å². The minimum atomic E-state index is 0.165. The van der Waals surface area contributed by atoms with Crippen LogP contribution in [0, 0.1) is 0 Å². The van der Waals surface area contributed by atoms with Gasteiger partial charge in [0.1, 0.15) is 5.75 Å². The number of benzene rings is 1. The van der Waals surface area contributed by atoms with E-state index >= 15 is 0 Å². The second kappa shape index (κ2) is 7.05. The Balaban J connectivity index is 1.86. The Kier molecular flexibility index (Phi) is 5.12. The molecule has 20 heavy (non-hydrogen) atoms. The van der Waals surface area contributed by atoms with Crippen LogP contribution in [0.1, 0.15) is 37.5 Å². The highest BCUT2D eigenvalue weighted by molar-refractivity contribution is 5.27. The zero-order valence-corrected chi connectivity index (χ0v) is 12.0. The second-order valence-corrected chi connectivity index (χ2v) is 4.97. The lowest BCUT2D eigenvalue weighted by Crippen LogP contribution is -2.17. The highest BCUT2D eigenvalue weighted by atomic mass is 16.5. The molecular formula is C15H21N3O2. The molecule has 1 atom stereocenters. The third kappa shape index (κ3) is 4.35. The van der Waals surface area contributed by atoms with Crippen LogP contribution in [0.15, 0.2) is 28.8 Å². The van der Waals surface area contributed by atoms with E-state index in [4.69, 9.17) is 15.0 Å². The highest BCUT2D eigenvalue weighted by Gasteiger charge is 2.06. The third-order valence-electron chi connectivity index (χ3n) is 2.82. The Bertz CT molecular complexity index is 520. The van der Waals surface area contributed by atoms with Crippen molar-refractivity contribution in [3.63, 3.8) is 0 Å². The molecule has 2 N–H and O–H groups in total. The van der Waals surface area contributed by atoms with Crippen molar-refractivity contribution >= 4 is 0 Å². The highest BCUT2D eigenvalue weighted by Crippen LogP contribution is 2.14. The number of nitrogens with two attached hydrogens (primary N) is 1. The van der Waals surface area contributed by atoms with Crippen LogP contribution in [0.4, 0.5) is 0 Å². The van der Waals surface area contributed by atoms with E-state index in [0.717, 1.165) is 25.0 Å². The molecule has 0 aliphatic heterocycles. The summed E-state index contributed by atoms with van der Waals surface area (Å²) in [5.41, 5.74) is 6.97. The molecule has 0 aliphatic rings. The molecule has 0 amide bonds. The lowest BCUT2D eigenvalue weighted by Gasteiger charge is -2.07. The van der Waals surface area contributed by atoms with Gasteiger partial charge >= 0.3 is 0 Å². The fourth-order valence-electron chi connectivity index (χ4n) is 1.91. The zero-order valence-electron chi connectivity index (χ0n) is 12.0. The van der Waals surface area contributed by atoms with E-state index in [9.17, 15) is 0 Å². The molecule has 0 saturated heterocycles. The minimum Gasteiger partial charge on any atom is -0.485 e. The average molecular weight is 275 g/mol. The van der Waals surface area contributed by atoms with E-state index in [2.05, 4.69) is 17.1 Å². The Morgan fingerprint density at radius 2 is 2.05 bits per heavy atom. The molecule has 5 heteroatoms. The summed E-state index contributed by atoms with van der Waals surface area (Å²) >= 11 is 0. The van der Waals surface area contributed by atoms with Gasteiger partial charge in [0.2, 0.25) is 11.7 Å².